The molecule has 3 rings (SSSR count). The largest absolute Gasteiger partial charge is 0.383 e. The summed E-state index contributed by atoms with van der Waals surface area (Å²) in [6, 6.07) is 9.96. The van der Waals surface area contributed by atoms with Gasteiger partial charge in [-0.3, -0.25) is 20.2 Å². The quantitative estimate of drug-likeness (QED) is 0.363. The summed E-state index contributed by atoms with van der Waals surface area (Å²) in [6.45, 7) is 2.89. The van der Waals surface area contributed by atoms with Gasteiger partial charge < -0.3 is 10.1 Å². The second kappa shape index (κ2) is 8.11. The van der Waals surface area contributed by atoms with Crippen molar-refractivity contribution in [3.8, 4) is 0 Å². The van der Waals surface area contributed by atoms with E-state index < -0.39 is 10.8 Å². The molecule has 140 valence electrons. The summed E-state index contributed by atoms with van der Waals surface area (Å²) in [5.41, 5.74) is 2.41. The number of aromatic nitrogens is 1. The smallest absolute Gasteiger partial charge is 0.270 e. The highest BCUT2D eigenvalue weighted by Crippen LogP contribution is 2.28. The lowest BCUT2D eigenvalue weighted by atomic mass is 10.1. The Morgan fingerprint density at radius 2 is 2.11 bits per heavy atom. The van der Waals surface area contributed by atoms with Crippen molar-refractivity contribution in [2.45, 2.75) is 6.92 Å². The van der Waals surface area contributed by atoms with E-state index in [0.717, 1.165) is 15.8 Å². The van der Waals surface area contributed by atoms with Crippen LogP contribution in [0.25, 0.3) is 10.2 Å². The number of nitro groups is 1. The fourth-order valence-electron chi connectivity index (χ4n) is 2.53. The molecule has 27 heavy (non-hydrogen) atoms. The van der Waals surface area contributed by atoms with E-state index in [-0.39, 0.29) is 11.3 Å². The summed E-state index contributed by atoms with van der Waals surface area (Å²) in [7, 11) is 1.57. The number of hydrogen-bond donors (Lipinski definition) is 2. The summed E-state index contributed by atoms with van der Waals surface area (Å²) >= 11 is 1.35. The summed E-state index contributed by atoms with van der Waals surface area (Å²) < 4.78 is 5.95. The number of hydrogen-bond acceptors (Lipinski definition) is 7. The summed E-state index contributed by atoms with van der Waals surface area (Å²) in [4.78, 5) is 27.7. The molecule has 0 spiro atoms. The van der Waals surface area contributed by atoms with Gasteiger partial charge in [0, 0.05) is 31.5 Å². The van der Waals surface area contributed by atoms with Crippen molar-refractivity contribution in [2.24, 2.45) is 0 Å². The number of rotatable bonds is 7. The number of anilines is 2. The average Bonchev–Trinajstić information content (AvgIpc) is 3.03. The van der Waals surface area contributed by atoms with Crippen LogP contribution in [0.1, 0.15) is 15.9 Å². The van der Waals surface area contributed by atoms with Crippen molar-refractivity contribution in [1.29, 1.82) is 0 Å². The zero-order valence-electron chi connectivity index (χ0n) is 14.8. The third-order valence-corrected chi connectivity index (χ3v) is 4.78. The molecule has 2 N–H and O–H groups in total. The van der Waals surface area contributed by atoms with Crippen molar-refractivity contribution >= 4 is 44.0 Å². The van der Waals surface area contributed by atoms with E-state index in [1.165, 1.54) is 29.5 Å². The molecule has 3 aromatic rings. The molecule has 0 atom stereocenters. The number of benzene rings is 2. The molecule has 8 nitrogen and oxygen atoms in total. The predicted molar refractivity (Wildman–Crippen MR) is 106 cm³/mol. The van der Waals surface area contributed by atoms with E-state index in [2.05, 4.69) is 15.6 Å². The van der Waals surface area contributed by atoms with E-state index >= 15 is 0 Å². The highest BCUT2D eigenvalue weighted by molar-refractivity contribution is 7.22. The van der Waals surface area contributed by atoms with Gasteiger partial charge in [-0.25, -0.2) is 4.98 Å². The van der Waals surface area contributed by atoms with Crippen LogP contribution in [0, 0.1) is 17.0 Å². The first-order chi connectivity index (χ1) is 13.0. The first-order valence-electron chi connectivity index (χ1n) is 8.17. The molecule has 2 aromatic carbocycles. The molecule has 0 aliphatic rings. The van der Waals surface area contributed by atoms with Gasteiger partial charge in [-0.2, -0.15) is 0 Å². The number of nitrogens with one attached hydrogen (secondary N) is 2. The lowest BCUT2D eigenvalue weighted by Gasteiger charge is -2.11. The van der Waals surface area contributed by atoms with Gasteiger partial charge in [0.05, 0.1) is 27.3 Å². The number of aryl methyl sites for hydroxylation is 1. The maximum absolute atomic E-state index is 12.7. The van der Waals surface area contributed by atoms with Crippen LogP contribution in [0.2, 0.25) is 0 Å². The predicted octanol–water partition coefficient (Wildman–Crippen LogP) is 3.82. The zero-order chi connectivity index (χ0) is 19.4. The monoisotopic (exact) mass is 386 g/mol. The zero-order valence-corrected chi connectivity index (χ0v) is 15.6. The van der Waals surface area contributed by atoms with Gasteiger partial charge in [-0.15, -0.1) is 0 Å². The molecule has 0 saturated carbocycles. The minimum atomic E-state index is -0.532. The van der Waals surface area contributed by atoms with E-state index in [9.17, 15) is 14.9 Å². The maximum Gasteiger partial charge on any atom is 0.270 e. The Bertz CT molecular complexity index is 1000. The van der Waals surface area contributed by atoms with Gasteiger partial charge in [0.2, 0.25) is 0 Å². The molecule has 0 unspecified atom stereocenters. The van der Waals surface area contributed by atoms with Crippen LogP contribution in [0.15, 0.2) is 36.4 Å². The molecule has 0 fully saturated rings. The molecule has 0 saturated heterocycles. The molecule has 0 bridgehead atoms. The number of non-ortho nitro benzene ring substituents is 1. The topological polar surface area (TPSA) is 106 Å². The minimum Gasteiger partial charge on any atom is -0.383 e. The third-order valence-electron chi connectivity index (χ3n) is 3.84. The first kappa shape index (κ1) is 18.7. The number of amides is 1. The number of methoxy groups -OCH3 is 1. The molecule has 1 heterocycles. The molecule has 9 heteroatoms. The molecule has 1 aromatic heterocycles. The van der Waals surface area contributed by atoms with Gasteiger partial charge in [0.25, 0.3) is 11.6 Å². The van der Waals surface area contributed by atoms with E-state index in [1.54, 1.807) is 7.11 Å². The first-order valence-corrected chi connectivity index (χ1v) is 8.99. The van der Waals surface area contributed by atoms with Crippen molar-refractivity contribution in [1.82, 2.24) is 4.98 Å². The van der Waals surface area contributed by atoms with Gasteiger partial charge in [-0.1, -0.05) is 17.4 Å². The van der Waals surface area contributed by atoms with Gasteiger partial charge >= 0.3 is 0 Å². The highest BCUT2D eigenvalue weighted by Gasteiger charge is 2.18. The van der Waals surface area contributed by atoms with Crippen molar-refractivity contribution < 1.29 is 14.5 Å². The van der Waals surface area contributed by atoms with E-state index in [1.807, 2.05) is 25.1 Å². The number of carbonyl (C=O) groups is 1. The molecule has 0 radical (unpaired) electrons. The average molecular weight is 386 g/mol. The van der Waals surface area contributed by atoms with Crippen LogP contribution in [0.3, 0.4) is 0 Å². The highest BCUT2D eigenvalue weighted by atomic mass is 32.1. The Hall–Kier alpha value is -3.04. The summed E-state index contributed by atoms with van der Waals surface area (Å²) in [6.07, 6.45) is 0. The lowest BCUT2D eigenvalue weighted by Crippen LogP contribution is -2.16. The number of nitro benzene ring substituents is 1. The van der Waals surface area contributed by atoms with Crippen LogP contribution < -0.4 is 10.6 Å². The van der Waals surface area contributed by atoms with Crippen molar-refractivity contribution in [3.63, 3.8) is 0 Å². The number of carbonyl (C=O) groups excluding carboxylic acids is 1. The van der Waals surface area contributed by atoms with Crippen LogP contribution in [-0.4, -0.2) is 36.1 Å². The normalized spacial score (nSPS) is 10.7. The van der Waals surface area contributed by atoms with Gasteiger partial charge in [-0.05, 0) is 30.7 Å². The Kier molecular flexibility index (Phi) is 5.63. The second-order valence-electron chi connectivity index (χ2n) is 5.85. The number of fused-ring (bicyclic) bond motifs is 1. The third kappa shape index (κ3) is 4.39. The van der Waals surface area contributed by atoms with Crippen LogP contribution in [0.4, 0.5) is 16.5 Å². The van der Waals surface area contributed by atoms with Crippen LogP contribution >= 0.6 is 11.3 Å². The summed E-state index contributed by atoms with van der Waals surface area (Å²) in [5, 5.41) is 17.3. The molecule has 0 aliphatic heterocycles. The fraction of sp³-hybridized carbons (Fsp3) is 0.222. The Morgan fingerprint density at radius 1 is 1.30 bits per heavy atom. The molecular weight excluding hydrogens is 368 g/mol. The van der Waals surface area contributed by atoms with Crippen LogP contribution in [-0.2, 0) is 4.74 Å². The SMILES string of the molecule is COCCNc1ccc([N+](=O)[O-])cc1C(=O)Nc1nc2ccc(C)cc2s1. The van der Waals surface area contributed by atoms with Gasteiger partial charge in [0.1, 0.15) is 0 Å². The number of thiazole rings is 1. The maximum atomic E-state index is 12.7. The fourth-order valence-corrected chi connectivity index (χ4v) is 3.48. The van der Waals surface area contributed by atoms with E-state index in [0.29, 0.717) is 24.0 Å². The van der Waals surface area contributed by atoms with E-state index in [4.69, 9.17) is 4.74 Å². The Balaban J connectivity index is 1.88. The standard InChI is InChI=1S/C18H18N4O4S/c1-11-3-5-15-16(9-11)27-18(20-15)21-17(23)13-10-12(22(24)25)4-6-14(13)19-7-8-26-2/h3-6,9-10,19H,7-8H2,1-2H3,(H,20,21,23). The lowest BCUT2D eigenvalue weighted by molar-refractivity contribution is -0.384. The summed E-state index contributed by atoms with van der Waals surface area (Å²) in [5.74, 6) is -0.464. The molecular formula is C18H18N4O4S. The van der Waals surface area contributed by atoms with Crippen molar-refractivity contribution in [2.75, 3.05) is 30.9 Å². The second-order valence-corrected chi connectivity index (χ2v) is 6.88. The van der Waals surface area contributed by atoms with Gasteiger partial charge in [0.15, 0.2) is 5.13 Å². The Morgan fingerprint density at radius 3 is 2.85 bits per heavy atom. The number of ether oxygens (including phenoxy) is 1. The van der Waals surface area contributed by atoms with Crippen molar-refractivity contribution in [3.05, 3.63) is 57.6 Å². The number of nitrogens with zero attached hydrogens (tertiary/aromatic N) is 2. The van der Waals surface area contributed by atoms with Crippen LogP contribution in [0.5, 0.6) is 0 Å². The minimum absolute atomic E-state index is 0.155. The Labute approximate surface area is 159 Å². The molecule has 1 amide bonds. The molecule has 0 aliphatic carbocycles.